The fourth-order valence-electron chi connectivity index (χ4n) is 7.05. The van der Waals surface area contributed by atoms with Crippen molar-refractivity contribution in [1.82, 2.24) is 0 Å². The number of hydrogen-bond donors (Lipinski definition) is 3. The molecule has 5 rings (SSSR count). The number of carbonyl (C=O) groups excluding carboxylic acids is 3. The summed E-state index contributed by atoms with van der Waals surface area (Å²) in [5.74, 6) is -3.52. The van der Waals surface area contributed by atoms with Crippen molar-refractivity contribution in [2.24, 2.45) is 0 Å². The number of para-hydroxylation sites is 1. The molecule has 0 saturated heterocycles. The molecule has 0 aliphatic heterocycles. The number of aromatic carboxylic acids is 2. The first-order valence-corrected chi connectivity index (χ1v) is 23.7. The quantitative estimate of drug-likeness (QED) is 0.00767. The largest absolute Gasteiger partial charge is 0.494 e. The number of nitrogens with zero attached hydrogens (tertiary/aromatic N) is 1. The van der Waals surface area contributed by atoms with Gasteiger partial charge in [0.15, 0.2) is 5.75 Å². The van der Waals surface area contributed by atoms with Gasteiger partial charge in [0.25, 0.3) is 0 Å². The van der Waals surface area contributed by atoms with Gasteiger partial charge in [0, 0.05) is 29.5 Å². The van der Waals surface area contributed by atoms with Gasteiger partial charge in [-0.05, 0) is 85.0 Å². The molecular formula is C55H62N2O14. The fraction of sp³-hybridized carbons (Fsp3) is 0.327. The number of anilines is 1. The van der Waals surface area contributed by atoms with Gasteiger partial charge in [-0.3, -0.25) is 10.1 Å². The molecule has 0 aliphatic carbocycles. The van der Waals surface area contributed by atoms with E-state index in [1.807, 2.05) is 30.3 Å². The second kappa shape index (κ2) is 30.5. The van der Waals surface area contributed by atoms with Crippen LogP contribution >= 0.6 is 0 Å². The lowest BCUT2D eigenvalue weighted by Gasteiger charge is -2.12. The molecule has 16 heteroatoms. The lowest BCUT2D eigenvalue weighted by Crippen LogP contribution is -2.13. The van der Waals surface area contributed by atoms with E-state index >= 15 is 0 Å². The second-order valence-corrected chi connectivity index (χ2v) is 16.3. The van der Waals surface area contributed by atoms with Crippen molar-refractivity contribution >= 4 is 41.2 Å². The molecule has 71 heavy (non-hydrogen) atoms. The number of unbranched alkanes of at least 4 members (excludes halogenated alkanes) is 11. The summed E-state index contributed by atoms with van der Waals surface area (Å²) in [6.45, 7) is 6.89. The molecule has 0 spiro atoms. The van der Waals surface area contributed by atoms with Crippen LogP contribution in [0.1, 0.15) is 137 Å². The van der Waals surface area contributed by atoms with E-state index < -0.39 is 39.9 Å². The van der Waals surface area contributed by atoms with Crippen LogP contribution in [0.4, 0.5) is 11.4 Å². The van der Waals surface area contributed by atoms with Crippen LogP contribution in [0.5, 0.6) is 17.2 Å². The number of carboxylic acids is 2. The SMILES string of the molecule is C=CC(=O)OCCCCCCCCCOc1ccccc1.CCCCCCCCOc1cc(N)c(-c2ccc(C(=O)Oc3ccc(COC(=O)c4cc(C(=O)O)ccc4C(=O)O)cc3)cc2)cc1[N+](=O)[O-]. The Morgan fingerprint density at radius 2 is 1.21 bits per heavy atom. The summed E-state index contributed by atoms with van der Waals surface area (Å²) in [4.78, 5) is 70.2. The Balaban J connectivity index is 0.000000436. The van der Waals surface area contributed by atoms with Crippen LogP contribution in [-0.2, 0) is 20.9 Å². The molecule has 5 aromatic rings. The van der Waals surface area contributed by atoms with Crippen molar-refractivity contribution in [2.75, 3.05) is 25.6 Å². The minimum Gasteiger partial charge on any atom is -0.494 e. The Morgan fingerprint density at radius 3 is 1.80 bits per heavy atom. The first kappa shape index (κ1) is 55.6. The van der Waals surface area contributed by atoms with Crippen molar-refractivity contribution in [2.45, 2.75) is 97.0 Å². The maximum absolute atomic E-state index is 12.8. The molecule has 0 amide bonds. The number of carbonyl (C=O) groups is 5. The Labute approximate surface area is 413 Å². The molecule has 0 radical (unpaired) electrons. The van der Waals surface area contributed by atoms with E-state index in [1.165, 1.54) is 86.7 Å². The molecule has 0 unspecified atom stereocenters. The van der Waals surface area contributed by atoms with E-state index in [4.69, 9.17) is 29.4 Å². The summed E-state index contributed by atoms with van der Waals surface area (Å²) in [5, 5.41) is 30.3. The van der Waals surface area contributed by atoms with Gasteiger partial charge in [-0.25, -0.2) is 24.0 Å². The normalized spacial score (nSPS) is 10.5. The van der Waals surface area contributed by atoms with Crippen LogP contribution < -0.4 is 19.9 Å². The molecule has 0 aromatic heterocycles. The Kier molecular flexibility index (Phi) is 23.9. The molecule has 0 bridgehead atoms. The minimum absolute atomic E-state index is 0.104. The van der Waals surface area contributed by atoms with E-state index in [0.29, 0.717) is 29.9 Å². The van der Waals surface area contributed by atoms with Gasteiger partial charge in [-0.2, -0.15) is 0 Å². The number of hydrogen-bond acceptors (Lipinski definition) is 13. The molecule has 0 saturated carbocycles. The van der Waals surface area contributed by atoms with E-state index in [2.05, 4.69) is 13.5 Å². The zero-order chi connectivity index (χ0) is 51.4. The minimum atomic E-state index is -1.42. The number of benzene rings is 5. The summed E-state index contributed by atoms with van der Waals surface area (Å²) in [6.07, 6.45) is 15.6. The zero-order valence-corrected chi connectivity index (χ0v) is 40.0. The zero-order valence-electron chi connectivity index (χ0n) is 40.0. The monoisotopic (exact) mass is 974 g/mol. The lowest BCUT2D eigenvalue weighted by atomic mass is 10.0. The third-order valence-corrected chi connectivity index (χ3v) is 10.9. The number of nitrogen functional groups attached to an aromatic ring is 1. The van der Waals surface area contributed by atoms with E-state index in [9.17, 15) is 44.3 Å². The summed E-state index contributed by atoms with van der Waals surface area (Å²) >= 11 is 0. The maximum atomic E-state index is 12.8. The molecule has 0 aliphatic rings. The highest BCUT2D eigenvalue weighted by atomic mass is 16.6. The average Bonchev–Trinajstić information content (AvgIpc) is 3.37. The Hall–Kier alpha value is -8.01. The standard InChI is InChI=1S/C37H36N2O11.C18H26O3/c1-2-3-4-5-6-7-18-48-33-21-31(38)29(20-32(33)39(46)47)24-10-12-25(13-11-24)36(44)50-27-15-8-23(9-16-27)22-49-37(45)30-19-26(34(40)41)14-17-28(30)35(42)43;1-2-18(19)21-16-12-7-5-3-4-6-11-15-20-17-13-9-8-10-14-17/h8-17,19-21H,2-7,18,22,38H2,1H3,(H,40,41)(H,42,43);2,8-10,13-14H,1,3-7,11-12,15-16H2. The van der Waals surface area contributed by atoms with Crippen LogP contribution in [0.25, 0.3) is 11.1 Å². The van der Waals surface area contributed by atoms with Crippen LogP contribution in [0.15, 0.2) is 122 Å². The fourth-order valence-corrected chi connectivity index (χ4v) is 7.05. The van der Waals surface area contributed by atoms with Gasteiger partial charge in [0.1, 0.15) is 18.1 Å². The van der Waals surface area contributed by atoms with Crippen molar-refractivity contribution in [3.63, 3.8) is 0 Å². The van der Waals surface area contributed by atoms with Crippen molar-refractivity contribution in [3.05, 3.63) is 160 Å². The first-order valence-electron chi connectivity index (χ1n) is 23.7. The predicted octanol–water partition coefficient (Wildman–Crippen LogP) is 12.1. The second-order valence-electron chi connectivity index (χ2n) is 16.3. The van der Waals surface area contributed by atoms with Crippen LogP contribution in [0.2, 0.25) is 0 Å². The van der Waals surface area contributed by atoms with E-state index in [-0.39, 0.29) is 46.6 Å². The molecule has 0 heterocycles. The van der Waals surface area contributed by atoms with Gasteiger partial charge in [-0.1, -0.05) is 120 Å². The van der Waals surface area contributed by atoms with Crippen molar-refractivity contribution in [3.8, 4) is 28.4 Å². The third-order valence-electron chi connectivity index (χ3n) is 10.9. The van der Waals surface area contributed by atoms with Gasteiger partial charge in [0.2, 0.25) is 0 Å². The average molecular weight is 975 g/mol. The number of nitro benzene ring substituents is 1. The Morgan fingerprint density at radius 1 is 0.620 bits per heavy atom. The van der Waals surface area contributed by atoms with Gasteiger partial charge in [-0.15, -0.1) is 0 Å². The summed E-state index contributed by atoms with van der Waals surface area (Å²) in [7, 11) is 0. The smallest absolute Gasteiger partial charge is 0.343 e. The number of nitro groups is 1. The molecule has 16 nitrogen and oxygen atoms in total. The van der Waals surface area contributed by atoms with Gasteiger partial charge >= 0.3 is 35.5 Å². The summed E-state index contributed by atoms with van der Waals surface area (Å²) in [6, 6.07) is 28.0. The summed E-state index contributed by atoms with van der Waals surface area (Å²) < 4.78 is 26.9. The molecule has 0 atom stereocenters. The molecule has 376 valence electrons. The van der Waals surface area contributed by atoms with Crippen molar-refractivity contribution < 1.29 is 62.8 Å². The molecular weight excluding hydrogens is 913 g/mol. The van der Waals surface area contributed by atoms with Gasteiger partial charge < -0.3 is 39.6 Å². The predicted molar refractivity (Wildman–Crippen MR) is 268 cm³/mol. The van der Waals surface area contributed by atoms with Crippen LogP contribution in [0.3, 0.4) is 0 Å². The number of nitrogens with two attached hydrogens (primary N) is 1. The Bertz CT molecular complexity index is 2530. The highest BCUT2D eigenvalue weighted by Gasteiger charge is 2.22. The number of rotatable bonds is 29. The van der Waals surface area contributed by atoms with E-state index in [0.717, 1.165) is 81.9 Å². The summed E-state index contributed by atoms with van der Waals surface area (Å²) in [5.41, 5.74) is 6.91. The molecule has 4 N–H and O–H groups in total. The van der Waals surface area contributed by atoms with E-state index in [1.54, 1.807) is 12.1 Å². The number of ether oxygens (including phenoxy) is 5. The van der Waals surface area contributed by atoms with Gasteiger partial charge in [0.05, 0.1) is 47.0 Å². The van der Waals surface area contributed by atoms with Crippen molar-refractivity contribution in [1.29, 1.82) is 0 Å². The van der Waals surface area contributed by atoms with Crippen LogP contribution in [0, 0.1) is 10.1 Å². The lowest BCUT2D eigenvalue weighted by molar-refractivity contribution is -0.385. The third kappa shape index (κ3) is 19.5. The topological polar surface area (TPSA) is 241 Å². The highest BCUT2D eigenvalue weighted by molar-refractivity contribution is 6.04. The highest BCUT2D eigenvalue weighted by Crippen LogP contribution is 2.37. The maximum Gasteiger partial charge on any atom is 0.343 e. The number of esters is 3. The van der Waals surface area contributed by atoms with Crippen LogP contribution in [-0.4, -0.2) is 64.8 Å². The number of carboxylic acid groups (broad SMARTS) is 2. The first-order chi connectivity index (χ1) is 34.3. The molecule has 0 fully saturated rings. The molecule has 5 aromatic carbocycles.